The van der Waals surface area contributed by atoms with Crippen molar-refractivity contribution in [2.45, 2.75) is 6.61 Å². The summed E-state index contributed by atoms with van der Waals surface area (Å²) in [5.41, 5.74) is 2.20. The maximum Gasteiger partial charge on any atom is 0.254 e. The molecule has 0 bridgehead atoms. The van der Waals surface area contributed by atoms with Gasteiger partial charge in [-0.05, 0) is 54.1 Å². The first-order valence-corrected chi connectivity index (χ1v) is 11.6. The lowest BCUT2D eigenvalue weighted by Crippen LogP contribution is -2.50. The lowest BCUT2D eigenvalue weighted by molar-refractivity contribution is -0.127. The number of carbonyl (C=O) groups excluding carboxylic acids is 2. The lowest BCUT2D eigenvalue weighted by Gasteiger charge is -2.34. The monoisotopic (exact) mass is 495 g/mol. The summed E-state index contributed by atoms with van der Waals surface area (Å²) in [6, 6.07) is 18.0. The van der Waals surface area contributed by atoms with Crippen LogP contribution in [-0.2, 0) is 11.4 Å². The summed E-state index contributed by atoms with van der Waals surface area (Å²) >= 11 is 12.0. The van der Waals surface area contributed by atoms with Gasteiger partial charge in [0.05, 0.1) is 5.69 Å². The minimum atomic E-state index is -0.141. The number of hydrogen-bond acceptors (Lipinski definition) is 4. The zero-order chi connectivity index (χ0) is 23.9. The second-order valence-electron chi connectivity index (χ2n) is 7.79. The number of hydrogen-bond donors (Lipinski definition) is 0. The second kappa shape index (κ2) is 11.2. The number of rotatable bonds is 6. The summed E-state index contributed by atoms with van der Waals surface area (Å²) in [4.78, 5) is 33.0. The Kier molecular flexibility index (Phi) is 7.83. The molecule has 0 radical (unpaired) electrons. The van der Waals surface area contributed by atoms with Gasteiger partial charge in [-0.3, -0.25) is 14.6 Å². The van der Waals surface area contributed by atoms with E-state index < -0.39 is 0 Å². The van der Waals surface area contributed by atoms with Gasteiger partial charge in [0.25, 0.3) is 5.91 Å². The number of halogens is 2. The third-order valence-electron chi connectivity index (χ3n) is 5.40. The summed E-state index contributed by atoms with van der Waals surface area (Å²) in [6.07, 6.45) is 5.06. The Balaban J connectivity index is 1.26. The fourth-order valence-corrected chi connectivity index (χ4v) is 4.10. The fourth-order valence-electron chi connectivity index (χ4n) is 3.58. The van der Waals surface area contributed by atoms with Crippen LogP contribution in [0.2, 0.25) is 10.0 Å². The predicted molar refractivity (Wildman–Crippen MR) is 133 cm³/mol. The van der Waals surface area contributed by atoms with E-state index in [4.69, 9.17) is 27.9 Å². The van der Waals surface area contributed by atoms with Crippen LogP contribution in [-0.4, -0.2) is 52.8 Å². The van der Waals surface area contributed by atoms with E-state index in [0.29, 0.717) is 48.4 Å². The molecule has 4 rings (SSSR count). The number of pyridine rings is 1. The van der Waals surface area contributed by atoms with Crippen LogP contribution in [0.15, 0.2) is 72.9 Å². The zero-order valence-electron chi connectivity index (χ0n) is 18.4. The largest absolute Gasteiger partial charge is 0.487 e. The van der Waals surface area contributed by atoms with Gasteiger partial charge in [-0.15, -0.1) is 0 Å². The Morgan fingerprint density at radius 2 is 1.59 bits per heavy atom. The highest BCUT2D eigenvalue weighted by Gasteiger charge is 2.24. The van der Waals surface area contributed by atoms with Crippen LogP contribution in [0.3, 0.4) is 0 Å². The van der Waals surface area contributed by atoms with Crippen LogP contribution in [0, 0.1) is 0 Å². The highest BCUT2D eigenvalue weighted by molar-refractivity contribution is 6.35. The molecule has 3 aromatic rings. The SMILES string of the molecule is O=C(/C=C/c1ccc(OCc2ccccn2)cc1)N1CCN(C(=O)c2cc(Cl)cc(Cl)c2)CC1. The first-order valence-electron chi connectivity index (χ1n) is 10.8. The van der Waals surface area contributed by atoms with E-state index in [9.17, 15) is 9.59 Å². The zero-order valence-corrected chi connectivity index (χ0v) is 19.9. The van der Waals surface area contributed by atoms with Crippen molar-refractivity contribution in [3.05, 3.63) is 99.8 Å². The molecule has 1 aromatic heterocycles. The molecule has 0 spiro atoms. The average molecular weight is 496 g/mol. The number of aromatic nitrogens is 1. The van der Waals surface area contributed by atoms with Gasteiger partial charge in [0.15, 0.2) is 0 Å². The van der Waals surface area contributed by atoms with E-state index in [0.717, 1.165) is 17.0 Å². The summed E-state index contributed by atoms with van der Waals surface area (Å²) in [5, 5.41) is 0.838. The molecule has 174 valence electrons. The Hall–Kier alpha value is -3.35. The minimum Gasteiger partial charge on any atom is -0.487 e. The van der Waals surface area contributed by atoms with E-state index in [-0.39, 0.29) is 11.8 Å². The van der Waals surface area contributed by atoms with Crippen molar-refractivity contribution in [3.8, 4) is 5.75 Å². The third-order valence-corrected chi connectivity index (χ3v) is 5.84. The van der Waals surface area contributed by atoms with Crippen molar-refractivity contribution in [1.29, 1.82) is 0 Å². The van der Waals surface area contributed by atoms with Crippen molar-refractivity contribution in [3.63, 3.8) is 0 Å². The van der Waals surface area contributed by atoms with E-state index in [2.05, 4.69) is 4.98 Å². The van der Waals surface area contributed by atoms with Crippen LogP contribution < -0.4 is 4.74 Å². The summed E-state index contributed by atoms with van der Waals surface area (Å²) in [6.45, 7) is 2.22. The van der Waals surface area contributed by atoms with Gasteiger partial charge in [0, 0.05) is 54.1 Å². The highest BCUT2D eigenvalue weighted by atomic mass is 35.5. The minimum absolute atomic E-state index is 0.0895. The van der Waals surface area contributed by atoms with Crippen LogP contribution in [0.4, 0.5) is 0 Å². The first kappa shape index (κ1) is 23.8. The standard InChI is InChI=1S/C26H23Cl2N3O3/c27-21-15-20(16-22(28)17-21)26(33)31-13-11-30(12-14-31)25(32)9-6-19-4-7-24(8-5-19)34-18-23-3-1-2-10-29-23/h1-10,15-17H,11-14,18H2/b9-6+. The summed E-state index contributed by atoms with van der Waals surface area (Å²) in [5.74, 6) is 0.502. The molecule has 6 nitrogen and oxygen atoms in total. The third kappa shape index (κ3) is 6.37. The van der Waals surface area contributed by atoms with Gasteiger partial charge in [-0.25, -0.2) is 0 Å². The maximum atomic E-state index is 12.7. The van der Waals surface area contributed by atoms with E-state index >= 15 is 0 Å². The van der Waals surface area contributed by atoms with Gasteiger partial charge in [-0.2, -0.15) is 0 Å². The Labute approximate surface area is 208 Å². The summed E-state index contributed by atoms with van der Waals surface area (Å²) < 4.78 is 5.73. The van der Waals surface area contributed by atoms with Crippen LogP contribution in [0.5, 0.6) is 5.75 Å². The van der Waals surface area contributed by atoms with Gasteiger partial charge >= 0.3 is 0 Å². The number of carbonyl (C=O) groups is 2. The lowest BCUT2D eigenvalue weighted by atomic mass is 10.1. The summed E-state index contributed by atoms with van der Waals surface area (Å²) in [7, 11) is 0. The van der Waals surface area contributed by atoms with E-state index in [1.165, 1.54) is 0 Å². The van der Waals surface area contributed by atoms with Gasteiger partial charge in [0.1, 0.15) is 12.4 Å². The van der Waals surface area contributed by atoms with Crippen LogP contribution in [0.25, 0.3) is 6.08 Å². The molecule has 1 aliphatic heterocycles. The van der Waals surface area contributed by atoms with Crippen LogP contribution >= 0.6 is 23.2 Å². The number of benzene rings is 2. The Morgan fingerprint density at radius 1 is 0.912 bits per heavy atom. The van der Waals surface area contributed by atoms with Crippen molar-refractivity contribution in [1.82, 2.24) is 14.8 Å². The molecule has 1 aliphatic rings. The van der Waals surface area contributed by atoms with Gasteiger partial charge in [-0.1, -0.05) is 41.4 Å². The molecular weight excluding hydrogens is 473 g/mol. The van der Waals surface area contributed by atoms with E-state index in [1.54, 1.807) is 46.3 Å². The smallest absolute Gasteiger partial charge is 0.254 e. The molecule has 1 saturated heterocycles. The average Bonchev–Trinajstić information content (AvgIpc) is 2.86. The van der Waals surface area contributed by atoms with Gasteiger partial charge in [0.2, 0.25) is 5.91 Å². The molecule has 2 aromatic carbocycles. The normalized spacial score (nSPS) is 13.8. The topological polar surface area (TPSA) is 62.7 Å². The second-order valence-corrected chi connectivity index (χ2v) is 8.66. The molecule has 0 atom stereocenters. The molecule has 0 N–H and O–H groups in total. The molecule has 2 heterocycles. The maximum absolute atomic E-state index is 12.7. The molecule has 2 amide bonds. The molecule has 34 heavy (non-hydrogen) atoms. The molecule has 0 unspecified atom stereocenters. The number of piperazine rings is 1. The number of amides is 2. The van der Waals surface area contributed by atoms with Crippen molar-refractivity contribution >= 4 is 41.1 Å². The predicted octanol–water partition coefficient (Wildman–Crippen LogP) is 4.97. The molecule has 0 aliphatic carbocycles. The quantitative estimate of drug-likeness (QED) is 0.453. The van der Waals surface area contributed by atoms with Crippen molar-refractivity contribution < 1.29 is 14.3 Å². The fraction of sp³-hybridized carbons (Fsp3) is 0.192. The number of ether oxygens (including phenoxy) is 1. The van der Waals surface area contributed by atoms with Crippen molar-refractivity contribution in [2.75, 3.05) is 26.2 Å². The molecule has 1 fully saturated rings. The van der Waals surface area contributed by atoms with Crippen molar-refractivity contribution in [2.24, 2.45) is 0 Å². The van der Waals surface area contributed by atoms with E-state index in [1.807, 2.05) is 42.5 Å². The molecular formula is C26H23Cl2N3O3. The first-order chi connectivity index (χ1) is 16.5. The number of nitrogens with zero attached hydrogens (tertiary/aromatic N) is 3. The van der Waals surface area contributed by atoms with Crippen LogP contribution in [0.1, 0.15) is 21.6 Å². The molecule has 0 saturated carbocycles. The Morgan fingerprint density at radius 3 is 2.24 bits per heavy atom. The molecule has 8 heteroatoms. The van der Waals surface area contributed by atoms with Gasteiger partial charge < -0.3 is 14.5 Å². The Bertz CT molecular complexity index is 1160. The highest BCUT2D eigenvalue weighted by Crippen LogP contribution is 2.21.